The van der Waals surface area contributed by atoms with Crippen molar-refractivity contribution in [3.8, 4) is 11.3 Å². The molecule has 162 valence electrons. The molecular formula is C23H25ClN4O2S. The molecule has 2 aromatic heterocycles. The van der Waals surface area contributed by atoms with E-state index in [0.717, 1.165) is 48.4 Å². The predicted octanol–water partition coefficient (Wildman–Crippen LogP) is 4.25. The molecule has 2 aliphatic rings. The summed E-state index contributed by atoms with van der Waals surface area (Å²) in [4.78, 5) is 7.12. The van der Waals surface area contributed by atoms with E-state index in [2.05, 4.69) is 15.2 Å². The third kappa shape index (κ3) is 3.54. The summed E-state index contributed by atoms with van der Waals surface area (Å²) >= 11 is 6.10. The number of rotatable bonds is 5. The Balaban J connectivity index is 1.64. The molecule has 1 N–H and O–H groups in total. The summed E-state index contributed by atoms with van der Waals surface area (Å²) < 4.78 is 28.6. The van der Waals surface area contributed by atoms with Crippen LogP contribution in [0.5, 0.6) is 0 Å². The third-order valence-corrected chi connectivity index (χ3v) is 8.21. The molecule has 0 saturated carbocycles. The smallest absolute Gasteiger partial charge is 0.268 e. The van der Waals surface area contributed by atoms with E-state index in [9.17, 15) is 8.42 Å². The molecule has 8 heteroatoms. The Kier molecular flexibility index (Phi) is 5.28. The first-order valence-electron chi connectivity index (χ1n) is 10.6. The minimum absolute atomic E-state index is 0.140. The van der Waals surface area contributed by atoms with Crippen LogP contribution in [0.1, 0.15) is 36.4 Å². The van der Waals surface area contributed by atoms with Gasteiger partial charge in [-0.2, -0.15) is 0 Å². The normalized spacial score (nSPS) is 18.5. The Morgan fingerprint density at radius 3 is 2.65 bits per heavy atom. The molecule has 0 radical (unpaired) electrons. The van der Waals surface area contributed by atoms with Gasteiger partial charge in [-0.15, -0.1) is 0 Å². The van der Waals surface area contributed by atoms with Crippen molar-refractivity contribution in [2.75, 3.05) is 25.0 Å². The first-order chi connectivity index (χ1) is 15.0. The average Bonchev–Trinajstić information content (AvgIpc) is 3.50. The van der Waals surface area contributed by atoms with Crippen molar-refractivity contribution in [2.45, 2.75) is 36.6 Å². The van der Waals surface area contributed by atoms with Gasteiger partial charge in [0.15, 0.2) is 0 Å². The van der Waals surface area contributed by atoms with E-state index in [4.69, 9.17) is 11.6 Å². The highest BCUT2D eigenvalue weighted by Crippen LogP contribution is 2.41. The molecule has 1 fully saturated rings. The molecule has 1 saturated heterocycles. The van der Waals surface area contributed by atoms with Gasteiger partial charge in [0.05, 0.1) is 10.6 Å². The van der Waals surface area contributed by atoms with Crippen molar-refractivity contribution in [1.29, 1.82) is 0 Å². The van der Waals surface area contributed by atoms with Crippen molar-refractivity contribution in [1.82, 2.24) is 14.3 Å². The van der Waals surface area contributed by atoms with Gasteiger partial charge in [-0.3, -0.25) is 0 Å². The van der Waals surface area contributed by atoms with Gasteiger partial charge in [0, 0.05) is 42.1 Å². The molecule has 5 rings (SSSR count). The molecule has 0 amide bonds. The maximum atomic E-state index is 13.6. The van der Waals surface area contributed by atoms with Crippen LogP contribution in [0.3, 0.4) is 0 Å². The molecule has 3 heterocycles. The number of hydrogen-bond donors (Lipinski definition) is 1. The Hall–Kier alpha value is -2.35. The quantitative estimate of drug-likeness (QED) is 0.621. The van der Waals surface area contributed by atoms with Gasteiger partial charge >= 0.3 is 0 Å². The summed E-state index contributed by atoms with van der Waals surface area (Å²) in [5.41, 5.74) is 3.62. The number of anilines is 1. The van der Waals surface area contributed by atoms with Crippen LogP contribution in [0, 0.1) is 0 Å². The van der Waals surface area contributed by atoms with Gasteiger partial charge in [0.25, 0.3) is 10.0 Å². The number of aromatic nitrogens is 2. The molecule has 1 aliphatic heterocycles. The fourth-order valence-corrected chi connectivity index (χ4v) is 6.45. The van der Waals surface area contributed by atoms with E-state index >= 15 is 0 Å². The summed E-state index contributed by atoms with van der Waals surface area (Å²) in [6, 6.07) is 10.6. The predicted molar refractivity (Wildman–Crippen MR) is 123 cm³/mol. The number of nitrogens with zero attached hydrogens (tertiary/aromatic N) is 3. The summed E-state index contributed by atoms with van der Waals surface area (Å²) in [5, 5.41) is 3.70. The zero-order valence-corrected chi connectivity index (χ0v) is 19.0. The first-order valence-corrected chi connectivity index (χ1v) is 12.4. The fraction of sp³-hybridized carbons (Fsp3) is 0.348. The molecule has 0 spiro atoms. The lowest BCUT2D eigenvalue weighted by atomic mass is 10.1. The highest BCUT2D eigenvalue weighted by atomic mass is 35.5. The van der Waals surface area contributed by atoms with Crippen molar-refractivity contribution in [3.63, 3.8) is 0 Å². The lowest BCUT2D eigenvalue weighted by Gasteiger charge is -2.17. The maximum absolute atomic E-state index is 13.6. The summed E-state index contributed by atoms with van der Waals surface area (Å²) in [6.45, 7) is 2.04. The standard InChI is InChI=1S/C23H25ClN4O2S/c1-25-21-9-8-19-20(21)15-28(31(29,30)18-6-4-5-17(24)13-18)23(19)16-7-10-22(26-14-16)27-11-2-3-12-27/h4-7,10,13-15,21,25H,2-3,8-9,11-12H2,1H3. The van der Waals surface area contributed by atoms with Gasteiger partial charge < -0.3 is 10.2 Å². The van der Waals surface area contributed by atoms with E-state index < -0.39 is 10.0 Å². The number of nitrogens with one attached hydrogen (secondary N) is 1. The number of halogens is 1. The van der Waals surface area contributed by atoms with Crippen molar-refractivity contribution >= 4 is 27.4 Å². The van der Waals surface area contributed by atoms with Crippen LogP contribution in [0.2, 0.25) is 5.02 Å². The Morgan fingerprint density at radius 1 is 1.16 bits per heavy atom. The summed E-state index contributed by atoms with van der Waals surface area (Å²) in [7, 11) is -1.90. The SMILES string of the molecule is CNC1CCc2c1cn(S(=O)(=O)c1cccc(Cl)c1)c2-c1ccc(N2CCCC2)nc1. The lowest BCUT2D eigenvalue weighted by Crippen LogP contribution is -2.19. The molecule has 0 bridgehead atoms. The second kappa shape index (κ2) is 7.97. The third-order valence-electron chi connectivity index (χ3n) is 6.32. The average molecular weight is 457 g/mol. The fourth-order valence-electron chi connectivity index (χ4n) is 4.74. The minimum Gasteiger partial charge on any atom is -0.357 e. The summed E-state index contributed by atoms with van der Waals surface area (Å²) in [6.07, 6.45) is 7.71. The zero-order chi connectivity index (χ0) is 21.6. The molecule has 1 unspecified atom stereocenters. The number of fused-ring (bicyclic) bond motifs is 1. The molecule has 1 aliphatic carbocycles. The van der Waals surface area contributed by atoms with Crippen LogP contribution in [-0.2, 0) is 16.4 Å². The molecular weight excluding hydrogens is 432 g/mol. The number of hydrogen-bond acceptors (Lipinski definition) is 5. The lowest BCUT2D eigenvalue weighted by molar-refractivity contribution is 0.579. The highest BCUT2D eigenvalue weighted by Gasteiger charge is 2.32. The van der Waals surface area contributed by atoms with Crippen LogP contribution < -0.4 is 10.2 Å². The first kappa shape index (κ1) is 20.5. The molecule has 6 nitrogen and oxygen atoms in total. The van der Waals surface area contributed by atoms with Gasteiger partial charge in [-0.05, 0) is 74.2 Å². The Bertz CT molecular complexity index is 1210. The second-order valence-electron chi connectivity index (χ2n) is 8.15. The molecule has 1 aromatic carbocycles. The highest BCUT2D eigenvalue weighted by molar-refractivity contribution is 7.90. The number of pyridine rings is 1. The van der Waals surface area contributed by atoms with Gasteiger partial charge in [0.1, 0.15) is 5.82 Å². The van der Waals surface area contributed by atoms with Crippen molar-refractivity contribution < 1.29 is 8.42 Å². The second-order valence-corrected chi connectivity index (χ2v) is 10.4. The molecule has 3 aromatic rings. The van der Waals surface area contributed by atoms with Crippen LogP contribution in [0.15, 0.2) is 53.7 Å². The Morgan fingerprint density at radius 2 is 1.97 bits per heavy atom. The van der Waals surface area contributed by atoms with E-state index in [1.54, 1.807) is 30.6 Å². The van der Waals surface area contributed by atoms with Crippen LogP contribution >= 0.6 is 11.6 Å². The summed E-state index contributed by atoms with van der Waals surface area (Å²) in [5.74, 6) is 0.946. The van der Waals surface area contributed by atoms with E-state index in [1.165, 1.54) is 22.9 Å². The minimum atomic E-state index is -3.81. The van der Waals surface area contributed by atoms with E-state index in [-0.39, 0.29) is 10.9 Å². The van der Waals surface area contributed by atoms with Crippen LogP contribution in [0.25, 0.3) is 11.3 Å². The van der Waals surface area contributed by atoms with Crippen LogP contribution in [-0.4, -0.2) is 37.5 Å². The molecule has 1 atom stereocenters. The largest absolute Gasteiger partial charge is 0.357 e. The van der Waals surface area contributed by atoms with Gasteiger partial charge in [-0.1, -0.05) is 17.7 Å². The Labute approximate surface area is 187 Å². The van der Waals surface area contributed by atoms with E-state index in [1.807, 2.05) is 19.2 Å². The monoisotopic (exact) mass is 456 g/mol. The van der Waals surface area contributed by atoms with Crippen LogP contribution in [0.4, 0.5) is 5.82 Å². The van der Waals surface area contributed by atoms with Gasteiger partial charge in [-0.25, -0.2) is 17.4 Å². The topological polar surface area (TPSA) is 67.2 Å². The number of benzene rings is 1. The van der Waals surface area contributed by atoms with Crippen molar-refractivity contribution in [2.24, 2.45) is 0 Å². The maximum Gasteiger partial charge on any atom is 0.268 e. The molecule has 31 heavy (non-hydrogen) atoms. The van der Waals surface area contributed by atoms with Crippen molar-refractivity contribution in [3.05, 3.63) is 64.9 Å². The van der Waals surface area contributed by atoms with E-state index in [0.29, 0.717) is 10.7 Å². The van der Waals surface area contributed by atoms with Gasteiger partial charge in [0.2, 0.25) is 0 Å². The zero-order valence-electron chi connectivity index (χ0n) is 17.4.